The number of fused-ring (bicyclic) bond motifs is 1. The highest BCUT2D eigenvalue weighted by Crippen LogP contribution is 2.46. The van der Waals surface area contributed by atoms with Crippen LogP contribution in [0, 0.1) is 5.41 Å². The Kier molecular flexibility index (Phi) is 3.86. The van der Waals surface area contributed by atoms with E-state index in [4.69, 9.17) is 4.74 Å². The lowest BCUT2D eigenvalue weighted by atomic mass is 10.1. The molecule has 1 heterocycles. The van der Waals surface area contributed by atoms with Crippen LogP contribution in [0.2, 0.25) is 0 Å². The van der Waals surface area contributed by atoms with Gasteiger partial charge < -0.3 is 10.1 Å². The zero-order valence-corrected chi connectivity index (χ0v) is 14.2. The van der Waals surface area contributed by atoms with Crippen molar-refractivity contribution >= 4 is 17.9 Å². The first-order valence-corrected chi connectivity index (χ1v) is 8.13. The third-order valence-electron chi connectivity index (χ3n) is 4.34. The molecule has 3 rings (SSSR count). The molecule has 0 spiro atoms. The summed E-state index contributed by atoms with van der Waals surface area (Å²) in [7, 11) is 0. The van der Waals surface area contributed by atoms with Gasteiger partial charge in [-0.25, -0.2) is 4.79 Å². The normalized spacial score (nSPS) is 18.4. The monoisotopic (exact) mass is 330 g/mol. The number of amides is 3. The molecule has 24 heavy (non-hydrogen) atoms. The highest BCUT2D eigenvalue weighted by Gasteiger charge is 2.48. The van der Waals surface area contributed by atoms with Crippen LogP contribution >= 0.6 is 0 Å². The van der Waals surface area contributed by atoms with Gasteiger partial charge in [-0.15, -0.1) is 0 Å². The molecular formula is C18H22N2O4. The molecule has 1 aromatic rings. The molecule has 3 amide bonds. The largest absolute Gasteiger partial charge is 0.444 e. The number of rotatable bonds is 4. The van der Waals surface area contributed by atoms with Crippen molar-refractivity contribution in [3.8, 4) is 0 Å². The Morgan fingerprint density at radius 2 is 1.71 bits per heavy atom. The summed E-state index contributed by atoms with van der Waals surface area (Å²) in [5.74, 6) is -0.502. The minimum atomic E-state index is -0.552. The minimum absolute atomic E-state index is 0.232. The SMILES string of the molecule is CC(C)(C)OC(=O)NCC1(CN2C(=O)c3ccccc3C2=O)CC1. The number of carbonyl (C=O) groups excluding carboxylic acids is 3. The maximum Gasteiger partial charge on any atom is 0.407 e. The highest BCUT2D eigenvalue weighted by atomic mass is 16.6. The van der Waals surface area contributed by atoms with Gasteiger partial charge in [0.1, 0.15) is 5.60 Å². The first kappa shape index (κ1) is 16.5. The average molecular weight is 330 g/mol. The average Bonchev–Trinajstić information content (AvgIpc) is 3.23. The Labute approximate surface area is 141 Å². The molecule has 1 aromatic carbocycles. The van der Waals surface area contributed by atoms with Crippen molar-refractivity contribution in [3.05, 3.63) is 35.4 Å². The van der Waals surface area contributed by atoms with Gasteiger partial charge in [-0.1, -0.05) is 12.1 Å². The highest BCUT2D eigenvalue weighted by molar-refractivity contribution is 6.21. The van der Waals surface area contributed by atoms with Crippen molar-refractivity contribution in [2.75, 3.05) is 13.1 Å². The number of hydrogen-bond acceptors (Lipinski definition) is 4. The van der Waals surface area contributed by atoms with Crippen LogP contribution in [0.1, 0.15) is 54.3 Å². The fourth-order valence-electron chi connectivity index (χ4n) is 2.86. The molecule has 1 aliphatic carbocycles. The summed E-state index contributed by atoms with van der Waals surface area (Å²) in [6, 6.07) is 6.86. The fourth-order valence-corrected chi connectivity index (χ4v) is 2.86. The van der Waals surface area contributed by atoms with Gasteiger partial charge >= 0.3 is 6.09 Å². The van der Waals surface area contributed by atoms with Crippen LogP contribution in [0.3, 0.4) is 0 Å². The van der Waals surface area contributed by atoms with Gasteiger partial charge in [0.25, 0.3) is 11.8 Å². The Bertz CT molecular complexity index is 666. The minimum Gasteiger partial charge on any atom is -0.444 e. The maximum absolute atomic E-state index is 12.4. The summed E-state index contributed by atoms with van der Waals surface area (Å²) < 4.78 is 5.23. The third kappa shape index (κ3) is 3.27. The number of carbonyl (C=O) groups is 3. The molecule has 0 aromatic heterocycles. The number of alkyl carbamates (subject to hydrolysis) is 1. The van der Waals surface area contributed by atoms with Crippen molar-refractivity contribution in [1.82, 2.24) is 10.2 Å². The van der Waals surface area contributed by atoms with E-state index in [2.05, 4.69) is 5.32 Å². The molecule has 1 fully saturated rings. The summed E-state index contributed by atoms with van der Waals surface area (Å²) in [4.78, 5) is 38.0. The molecule has 1 saturated carbocycles. The predicted octanol–water partition coefficient (Wildman–Crippen LogP) is 2.59. The first-order chi connectivity index (χ1) is 11.2. The predicted molar refractivity (Wildman–Crippen MR) is 87.7 cm³/mol. The van der Waals surface area contributed by atoms with Gasteiger partial charge in [0, 0.05) is 18.5 Å². The summed E-state index contributed by atoms with van der Waals surface area (Å²) in [6.45, 7) is 6.14. The van der Waals surface area contributed by atoms with E-state index in [0.29, 0.717) is 24.2 Å². The number of nitrogens with one attached hydrogen (secondary N) is 1. The van der Waals surface area contributed by atoms with Crippen molar-refractivity contribution in [3.63, 3.8) is 0 Å². The second kappa shape index (κ2) is 5.61. The van der Waals surface area contributed by atoms with E-state index in [-0.39, 0.29) is 17.2 Å². The number of imide groups is 1. The van der Waals surface area contributed by atoms with Gasteiger partial charge in [-0.05, 0) is 45.7 Å². The topological polar surface area (TPSA) is 75.7 Å². The van der Waals surface area contributed by atoms with Crippen LogP contribution in [-0.2, 0) is 4.74 Å². The lowest BCUT2D eigenvalue weighted by Gasteiger charge is -2.24. The number of nitrogens with zero attached hydrogens (tertiary/aromatic N) is 1. The molecule has 6 heteroatoms. The summed E-state index contributed by atoms with van der Waals surface area (Å²) in [6.07, 6.45) is 1.27. The van der Waals surface area contributed by atoms with Crippen molar-refractivity contribution in [2.24, 2.45) is 5.41 Å². The Hall–Kier alpha value is -2.37. The van der Waals surface area contributed by atoms with Gasteiger partial charge in [0.2, 0.25) is 0 Å². The first-order valence-electron chi connectivity index (χ1n) is 8.13. The molecule has 0 unspecified atom stereocenters. The van der Waals surface area contributed by atoms with Crippen LogP contribution < -0.4 is 5.32 Å². The second-order valence-electron chi connectivity index (χ2n) is 7.60. The van der Waals surface area contributed by atoms with Crippen LogP contribution in [0.15, 0.2) is 24.3 Å². The molecule has 0 radical (unpaired) electrons. The van der Waals surface area contributed by atoms with Crippen molar-refractivity contribution in [2.45, 2.75) is 39.2 Å². The lowest BCUT2D eigenvalue weighted by Crippen LogP contribution is -2.42. The number of hydrogen-bond donors (Lipinski definition) is 1. The van der Waals surface area contributed by atoms with Crippen molar-refractivity contribution in [1.29, 1.82) is 0 Å². The molecule has 1 aliphatic heterocycles. The Balaban J connectivity index is 1.62. The van der Waals surface area contributed by atoms with E-state index in [1.807, 2.05) is 0 Å². The van der Waals surface area contributed by atoms with Gasteiger partial charge in [0.15, 0.2) is 0 Å². The van der Waals surface area contributed by atoms with Crippen LogP contribution in [0.4, 0.5) is 4.79 Å². The zero-order valence-electron chi connectivity index (χ0n) is 14.2. The standard InChI is InChI=1S/C18H22N2O4/c1-17(2,3)24-16(23)19-10-18(8-9-18)11-20-14(21)12-6-4-5-7-13(12)15(20)22/h4-7H,8-11H2,1-3H3,(H,19,23). The lowest BCUT2D eigenvalue weighted by molar-refractivity contribution is 0.0508. The Morgan fingerprint density at radius 1 is 1.17 bits per heavy atom. The van der Waals surface area contributed by atoms with Crippen LogP contribution in [-0.4, -0.2) is 41.5 Å². The second-order valence-corrected chi connectivity index (χ2v) is 7.60. The maximum atomic E-state index is 12.4. The smallest absolute Gasteiger partial charge is 0.407 e. The third-order valence-corrected chi connectivity index (χ3v) is 4.34. The van der Waals surface area contributed by atoms with E-state index in [1.54, 1.807) is 45.0 Å². The zero-order chi connectivity index (χ0) is 17.5. The molecule has 2 aliphatic rings. The summed E-state index contributed by atoms with van der Waals surface area (Å²) in [5, 5.41) is 2.76. The molecule has 0 atom stereocenters. The fraction of sp³-hybridized carbons (Fsp3) is 0.500. The van der Waals surface area contributed by atoms with E-state index in [0.717, 1.165) is 12.8 Å². The molecule has 0 bridgehead atoms. The summed E-state index contributed by atoms with van der Waals surface area (Å²) >= 11 is 0. The number of ether oxygens (including phenoxy) is 1. The summed E-state index contributed by atoms with van der Waals surface area (Å²) in [5.41, 5.74) is 0.130. The quantitative estimate of drug-likeness (QED) is 0.861. The van der Waals surface area contributed by atoms with Gasteiger partial charge in [-0.3, -0.25) is 14.5 Å². The molecule has 1 N–H and O–H groups in total. The van der Waals surface area contributed by atoms with E-state index in [9.17, 15) is 14.4 Å². The van der Waals surface area contributed by atoms with E-state index < -0.39 is 11.7 Å². The molecule has 6 nitrogen and oxygen atoms in total. The molecular weight excluding hydrogens is 308 g/mol. The van der Waals surface area contributed by atoms with Crippen LogP contribution in [0.5, 0.6) is 0 Å². The van der Waals surface area contributed by atoms with E-state index >= 15 is 0 Å². The number of benzene rings is 1. The molecule has 0 saturated heterocycles. The van der Waals surface area contributed by atoms with Gasteiger partial charge in [-0.2, -0.15) is 0 Å². The van der Waals surface area contributed by atoms with Crippen LogP contribution in [0.25, 0.3) is 0 Å². The molecule has 128 valence electrons. The van der Waals surface area contributed by atoms with Crippen molar-refractivity contribution < 1.29 is 19.1 Å². The van der Waals surface area contributed by atoms with Gasteiger partial charge in [0.05, 0.1) is 11.1 Å². The Morgan fingerprint density at radius 3 is 2.17 bits per heavy atom. The van der Waals surface area contributed by atoms with E-state index in [1.165, 1.54) is 4.90 Å².